The van der Waals surface area contributed by atoms with Crippen molar-refractivity contribution in [2.24, 2.45) is 0 Å². The molecule has 46 heavy (non-hydrogen) atoms. The molecule has 0 aliphatic carbocycles. The minimum atomic E-state index is -1.48. The molecular formula is C43H52N2Si. The summed E-state index contributed by atoms with van der Waals surface area (Å²) in [5.41, 5.74) is 14.0. The summed E-state index contributed by atoms with van der Waals surface area (Å²) in [6.07, 6.45) is 5.01. The van der Waals surface area contributed by atoms with Crippen LogP contribution < -0.4 is 0 Å². The Bertz CT molecular complexity index is 2070. The van der Waals surface area contributed by atoms with Gasteiger partial charge in [0.15, 0.2) is 0 Å². The Morgan fingerprint density at radius 2 is 1.11 bits per heavy atom. The van der Waals surface area contributed by atoms with E-state index in [-0.39, 0.29) is 10.8 Å². The summed E-state index contributed by atoms with van der Waals surface area (Å²) in [4.78, 5) is 0. The first-order valence-corrected chi connectivity index (χ1v) is 20.8. The predicted octanol–water partition coefficient (Wildman–Crippen LogP) is 12.3. The maximum Gasteiger partial charge on any atom is 0.129 e. The SMILES string of the molecule is CCCCCCn1c2ccc(C#C[Si](C)(C)C)cc2c2cc(-n3c4ccc(C(C)(C)C)cc4c4cc(C(C)(C)C)ccc43)ccc21. The summed E-state index contributed by atoms with van der Waals surface area (Å²) in [5.74, 6) is 3.53. The molecule has 0 bridgehead atoms. The average molecular weight is 625 g/mol. The van der Waals surface area contributed by atoms with Crippen molar-refractivity contribution in [3.63, 3.8) is 0 Å². The first-order chi connectivity index (χ1) is 21.7. The largest absolute Gasteiger partial charge is 0.340 e. The zero-order valence-electron chi connectivity index (χ0n) is 29.9. The van der Waals surface area contributed by atoms with Gasteiger partial charge in [-0.25, -0.2) is 0 Å². The maximum absolute atomic E-state index is 3.59. The Kier molecular flexibility index (Phi) is 8.27. The van der Waals surface area contributed by atoms with Gasteiger partial charge >= 0.3 is 0 Å². The van der Waals surface area contributed by atoms with Crippen molar-refractivity contribution in [1.29, 1.82) is 0 Å². The number of hydrogen-bond donors (Lipinski definition) is 0. The summed E-state index contributed by atoms with van der Waals surface area (Å²) in [6, 6.07) is 28.2. The molecule has 3 heteroatoms. The summed E-state index contributed by atoms with van der Waals surface area (Å²) in [5, 5.41) is 5.28. The zero-order chi connectivity index (χ0) is 33.0. The smallest absolute Gasteiger partial charge is 0.129 e. The molecule has 0 saturated heterocycles. The van der Waals surface area contributed by atoms with Crippen molar-refractivity contribution in [2.45, 2.75) is 111 Å². The second-order valence-corrected chi connectivity index (χ2v) is 21.2. The lowest BCUT2D eigenvalue weighted by Crippen LogP contribution is -2.16. The molecule has 0 amide bonds. The normalized spacial score (nSPS) is 12.8. The van der Waals surface area contributed by atoms with Gasteiger partial charge in [-0.05, 0) is 89.0 Å². The van der Waals surface area contributed by atoms with Crippen LogP contribution in [0.15, 0.2) is 72.8 Å². The molecule has 2 heterocycles. The van der Waals surface area contributed by atoms with Crippen molar-refractivity contribution in [3.05, 3.63) is 89.5 Å². The van der Waals surface area contributed by atoms with E-state index in [0.717, 1.165) is 12.1 Å². The van der Waals surface area contributed by atoms with Crippen LogP contribution in [-0.2, 0) is 17.4 Å². The Morgan fingerprint density at radius 3 is 1.65 bits per heavy atom. The summed E-state index contributed by atoms with van der Waals surface area (Å²) in [7, 11) is -1.48. The highest BCUT2D eigenvalue weighted by Gasteiger charge is 2.21. The van der Waals surface area contributed by atoms with Gasteiger partial charge < -0.3 is 9.13 Å². The lowest BCUT2D eigenvalue weighted by molar-refractivity contribution is 0.590. The van der Waals surface area contributed by atoms with Crippen LogP contribution in [0, 0.1) is 11.5 Å². The standard InChI is InChI=1S/C43H52N2Si/c1-11-12-13-14-24-44-38-19-15-30(23-25-46(8,9)10)26-34(38)37-29-33(18-22-39(37)44)45-40-20-16-31(42(2,3)4)27-35(40)36-28-32(43(5,6)7)17-21-41(36)45/h15-22,26-29H,11-14,24H2,1-10H3. The maximum atomic E-state index is 3.59. The molecule has 6 aromatic rings. The van der Waals surface area contributed by atoms with Crippen molar-refractivity contribution >= 4 is 51.7 Å². The summed E-state index contributed by atoms with van der Waals surface area (Å²) >= 11 is 0. The van der Waals surface area contributed by atoms with E-state index in [4.69, 9.17) is 0 Å². The van der Waals surface area contributed by atoms with Gasteiger partial charge in [-0.15, -0.1) is 5.54 Å². The molecule has 6 rings (SSSR count). The first kappa shape index (κ1) is 32.2. The van der Waals surface area contributed by atoms with Gasteiger partial charge in [0.05, 0.1) is 11.0 Å². The molecule has 2 nitrogen and oxygen atoms in total. The molecule has 2 aromatic heterocycles. The van der Waals surface area contributed by atoms with Crippen molar-refractivity contribution in [3.8, 4) is 17.2 Å². The van der Waals surface area contributed by atoms with Gasteiger partial charge in [0.1, 0.15) is 8.07 Å². The van der Waals surface area contributed by atoms with E-state index in [1.165, 1.54) is 86.1 Å². The quantitative estimate of drug-likeness (QED) is 0.0991. The van der Waals surface area contributed by atoms with E-state index in [9.17, 15) is 0 Å². The van der Waals surface area contributed by atoms with Gasteiger partial charge in [-0.3, -0.25) is 0 Å². The Balaban J connectivity index is 1.61. The molecule has 0 fully saturated rings. The van der Waals surface area contributed by atoms with Crippen LogP contribution >= 0.6 is 0 Å². The number of aromatic nitrogens is 2. The Morgan fingerprint density at radius 1 is 0.587 bits per heavy atom. The van der Waals surface area contributed by atoms with Gasteiger partial charge in [0.25, 0.3) is 0 Å². The predicted molar refractivity (Wildman–Crippen MR) is 206 cm³/mol. The number of aryl methyl sites for hydroxylation is 1. The van der Waals surface area contributed by atoms with Crippen LogP contribution in [-0.4, -0.2) is 17.2 Å². The van der Waals surface area contributed by atoms with Crippen LogP contribution in [0.25, 0.3) is 49.3 Å². The molecule has 0 radical (unpaired) electrons. The molecular weight excluding hydrogens is 573 g/mol. The second kappa shape index (κ2) is 11.8. The number of fused-ring (bicyclic) bond motifs is 6. The fraction of sp³-hybridized carbons (Fsp3) is 0.395. The number of benzene rings is 4. The number of hydrogen-bond acceptors (Lipinski definition) is 0. The number of rotatable bonds is 6. The van der Waals surface area contributed by atoms with Crippen LogP contribution in [0.3, 0.4) is 0 Å². The molecule has 0 aliphatic rings. The van der Waals surface area contributed by atoms with Crippen molar-refractivity contribution in [2.75, 3.05) is 0 Å². The summed E-state index contributed by atoms with van der Waals surface area (Å²) < 4.78 is 5.04. The van der Waals surface area contributed by atoms with Crippen LogP contribution in [0.5, 0.6) is 0 Å². The molecule has 0 aliphatic heterocycles. The lowest BCUT2D eigenvalue weighted by Gasteiger charge is -2.19. The highest BCUT2D eigenvalue weighted by Crippen LogP contribution is 2.39. The fourth-order valence-electron chi connectivity index (χ4n) is 6.74. The number of nitrogens with zero attached hydrogens (tertiary/aromatic N) is 2. The van der Waals surface area contributed by atoms with Crippen LogP contribution in [0.2, 0.25) is 19.6 Å². The minimum absolute atomic E-state index is 0.0815. The van der Waals surface area contributed by atoms with Crippen LogP contribution in [0.4, 0.5) is 0 Å². The molecule has 0 N–H and O–H groups in total. The third kappa shape index (κ3) is 6.17. The molecule has 0 atom stereocenters. The Labute approximate surface area is 277 Å². The third-order valence-electron chi connectivity index (χ3n) is 9.42. The second-order valence-electron chi connectivity index (χ2n) is 16.4. The molecule has 4 aromatic carbocycles. The molecule has 0 spiro atoms. The third-order valence-corrected chi connectivity index (χ3v) is 10.3. The van der Waals surface area contributed by atoms with E-state index < -0.39 is 8.07 Å². The van der Waals surface area contributed by atoms with Crippen molar-refractivity contribution in [1.82, 2.24) is 9.13 Å². The molecule has 0 saturated carbocycles. The first-order valence-electron chi connectivity index (χ1n) is 17.3. The van der Waals surface area contributed by atoms with Gasteiger partial charge in [0, 0.05) is 50.4 Å². The van der Waals surface area contributed by atoms with E-state index in [1.54, 1.807) is 0 Å². The lowest BCUT2D eigenvalue weighted by atomic mass is 9.85. The average Bonchev–Trinajstić information content (AvgIpc) is 3.48. The zero-order valence-corrected chi connectivity index (χ0v) is 30.9. The highest BCUT2D eigenvalue weighted by molar-refractivity contribution is 6.83. The van der Waals surface area contributed by atoms with E-state index in [2.05, 4.69) is 162 Å². The molecule has 238 valence electrons. The minimum Gasteiger partial charge on any atom is -0.340 e. The van der Waals surface area contributed by atoms with E-state index >= 15 is 0 Å². The van der Waals surface area contributed by atoms with Gasteiger partial charge in [-0.1, -0.05) is 105 Å². The van der Waals surface area contributed by atoms with Crippen molar-refractivity contribution < 1.29 is 0 Å². The highest BCUT2D eigenvalue weighted by atomic mass is 28.3. The summed E-state index contributed by atoms with van der Waals surface area (Å²) in [6.45, 7) is 24.1. The van der Waals surface area contributed by atoms with Gasteiger partial charge in [0.2, 0.25) is 0 Å². The topological polar surface area (TPSA) is 9.86 Å². The van der Waals surface area contributed by atoms with E-state index in [1.807, 2.05) is 0 Å². The van der Waals surface area contributed by atoms with E-state index in [0.29, 0.717) is 0 Å². The monoisotopic (exact) mass is 624 g/mol. The van der Waals surface area contributed by atoms with Gasteiger partial charge in [-0.2, -0.15) is 0 Å². The molecule has 0 unspecified atom stereocenters. The van der Waals surface area contributed by atoms with Crippen LogP contribution in [0.1, 0.15) is 90.8 Å². The Hall–Kier alpha value is -3.74. The fourth-order valence-corrected chi connectivity index (χ4v) is 7.26. The number of unbranched alkanes of at least 4 members (excludes halogenated alkanes) is 3.